The maximum atomic E-state index is 13.1. The molecular formula is C18H26N4O4S. The van der Waals surface area contributed by atoms with Gasteiger partial charge in [-0.25, -0.2) is 0 Å². The van der Waals surface area contributed by atoms with Crippen LogP contribution in [0.5, 0.6) is 0 Å². The largest absolute Gasteiger partial charge is 0.354 e. The maximum absolute atomic E-state index is 13.1. The van der Waals surface area contributed by atoms with Crippen LogP contribution in [0.25, 0.3) is 0 Å². The lowest BCUT2D eigenvalue weighted by atomic mass is 9.79. The normalized spacial score (nSPS) is 28.7. The van der Waals surface area contributed by atoms with Crippen LogP contribution in [0.3, 0.4) is 0 Å². The van der Waals surface area contributed by atoms with E-state index in [9.17, 15) is 18.0 Å². The van der Waals surface area contributed by atoms with Crippen LogP contribution in [0.1, 0.15) is 43.8 Å². The van der Waals surface area contributed by atoms with Crippen molar-refractivity contribution in [3.05, 3.63) is 34.2 Å². The van der Waals surface area contributed by atoms with Crippen molar-refractivity contribution in [3.8, 4) is 0 Å². The molecule has 2 saturated heterocycles. The predicted molar refractivity (Wildman–Crippen MR) is 101 cm³/mol. The second kappa shape index (κ2) is 7.03. The minimum Gasteiger partial charge on any atom is -0.354 e. The maximum Gasteiger partial charge on any atom is 0.282 e. The highest BCUT2D eigenvalue weighted by molar-refractivity contribution is 7.86. The summed E-state index contributed by atoms with van der Waals surface area (Å²) in [6.07, 6.45) is 2.65. The number of hydrogen-bond donors (Lipinski definition) is 1. The molecule has 1 amide bonds. The molecule has 148 valence electrons. The number of nitrogens with one attached hydrogen (secondary N) is 1. The molecule has 9 heteroatoms. The van der Waals surface area contributed by atoms with E-state index in [0.29, 0.717) is 32.7 Å². The van der Waals surface area contributed by atoms with Crippen LogP contribution in [-0.2, 0) is 15.0 Å². The summed E-state index contributed by atoms with van der Waals surface area (Å²) >= 11 is 0. The van der Waals surface area contributed by atoms with Crippen LogP contribution in [0.4, 0.5) is 0 Å². The first-order chi connectivity index (χ1) is 12.9. The van der Waals surface area contributed by atoms with Crippen LogP contribution in [-0.4, -0.2) is 60.2 Å². The first-order valence-electron chi connectivity index (χ1n) is 9.59. The fourth-order valence-corrected chi connectivity index (χ4v) is 6.58. The van der Waals surface area contributed by atoms with Crippen molar-refractivity contribution < 1.29 is 13.2 Å². The Morgan fingerprint density at radius 1 is 1.19 bits per heavy atom. The molecule has 0 saturated carbocycles. The molecule has 1 N–H and O–H groups in total. The highest BCUT2D eigenvalue weighted by Gasteiger charge is 2.45. The molecule has 0 unspecified atom stereocenters. The lowest BCUT2D eigenvalue weighted by Gasteiger charge is -2.47. The van der Waals surface area contributed by atoms with Crippen LogP contribution >= 0.6 is 0 Å². The summed E-state index contributed by atoms with van der Waals surface area (Å²) < 4.78 is 31.1. The Labute approximate surface area is 159 Å². The van der Waals surface area contributed by atoms with Crippen LogP contribution in [0.2, 0.25) is 0 Å². The highest BCUT2D eigenvalue weighted by Crippen LogP contribution is 2.42. The number of carbonyl (C=O) groups is 1. The zero-order valence-corrected chi connectivity index (χ0v) is 16.3. The Morgan fingerprint density at radius 3 is 2.63 bits per heavy atom. The van der Waals surface area contributed by atoms with Gasteiger partial charge < -0.3 is 9.88 Å². The quantitative estimate of drug-likeness (QED) is 0.794. The van der Waals surface area contributed by atoms with Crippen molar-refractivity contribution in [2.24, 2.45) is 5.92 Å². The zero-order valence-electron chi connectivity index (χ0n) is 15.5. The van der Waals surface area contributed by atoms with Gasteiger partial charge in [0.05, 0.1) is 6.04 Å². The van der Waals surface area contributed by atoms with Gasteiger partial charge in [-0.05, 0) is 31.2 Å². The molecule has 4 heterocycles. The van der Waals surface area contributed by atoms with E-state index in [1.54, 1.807) is 19.2 Å². The molecule has 2 bridgehead atoms. The predicted octanol–water partition coefficient (Wildman–Crippen LogP) is 0.285. The van der Waals surface area contributed by atoms with E-state index in [2.05, 4.69) is 5.32 Å². The average Bonchev–Trinajstić information content (AvgIpc) is 3.17. The lowest BCUT2D eigenvalue weighted by molar-refractivity contribution is -0.119. The Bertz CT molecular complexity index is 891. The Kier molecular flexibility index (Phi) is 4.85. The molecule has 3 atom stereocenters. The Hall–Kier alpha value is -1.71. The zero-order chi connectivity index (χ0) is 19.2. The van der Waals surface area contributed by atoms with E-state index in [1.165, 1.54) is 13.0 Å². The molecule has 27 heavy (non-hydrogen) atoms. The van der Waals surface area contributed by atoms with E-state index in [1.807, 2.05) is 6.07 Å². The number of rotatable bonds is 4. The fourth-order valence-electron chi connectivity index (χ4n) is 4.78. The summed E-state index contributed by atoms with van der Waals surface area (Å²) in [5, 5.41) is 2.82. The Balaban J connectivity index is 1.69. The smallest absolute Gasteiger partial charge is 0.282 e. The van der Waals surface area contributed by atoms with Crippen molar-refractivity contribution in [2.45, 2.75) is 38.1 Å². The van der Waals surface area contributed by atoms with Gasteiger partial charge in [-0.3, -0.25) is 9.59 Å². The first kappa shape index (κ1) is 18.6. The number of carbonyl (C=O) groups excluding carboxylic acids is 1. The van der Waals surface area contributed by atoms with Gasteiger partial charge in [-0.15, -0.1) is 0 Å². The summed E-state index contributed by atoms with van der Waals surface area (Å²) in [4.78, 5) is 24.0. The highest BCUT2D eigenvalue weighted by atomic mass is 32.2. The number of aromatic nitrogens is 1. The molecule has 1 aromatic heterocycles. The molecule has 0 aliphatic carbocycles. The summed E-state index contributed by atoms with van der Waals surface area (Å²) in [6.45, 7) is 3.75. The topological polar surface area (TPSA) is 91.7 Å². The van der Waals surface area contributed by atoms with E-state index in [4.69, 9.17) is 0 Å². The van der Waals surface area contributed by atoms with Gasteiger partial charge in [-0.1, -0.05) is 6.07 Å². The molecule has 2 fully saturated rings. The van der Waals surface area contributed by atoms with E-state index in [-0.39, 0.29) is 29.3 Å². The van der Waals surface area contributed by atoms with Crippen molar-refractivity contribution in [1.82, 2.24) is 18.5 Å². The fraction of sp³-hybridized carbons (Fsp3) is 0.667. The van der Waals surface area contributed by atoms with Gasteiger partial charge in [0.2, 0.25) is 5.91 Å². The molecule has 0 radical (unpaired) electrons. The van der Waals surface area contributed by atoms with E-state index in [0.717, 1.165) is 25.0 Å². The van der Waals surface area contributed by atoms with Gasteiger partial charge >= 0.3 is 0 Å². The van der Waals surface area contributed by atoms with E-state index < -0.39 is 10.2 Å². The summed E-state index contributed by atoms with van der Waals surface area (Å²) in [7, 11) is -3.48. The van der Waals surface area contributed by atoms with Crippen molar-refractivity contribution in [1.29, 1.82) is 0 Å². The molecule has 8 nitrogen and oxygen atoms in total. The van der Waals surface area contributed by atoms with Crippen LogP contribution in [0, 0.1) is 5.92 Å². The molecule has 3 aliphatic heterocycles. The number of fused-ring (bicyclic) bond motifs is 4. The SMILES string of the molecule is CC(=O)NC[C@H]1[C@H]2C[C@H](CN(S(=O)(=O)N3CCCC3)C2)c2cccc(=O)n21. The Morgan fingerprint density at radius 2 is 1.93 bits per heavy atom. The second-order valence-corrected chi connectivity index (χ2v) is 9.72. The van der Waals surface area contributed by atoms with Gasteiger partial charge in [-0.2, -0.15) is 17.0 Å². The van der Waals surface area contributed by atoms with Crippen molar-refractivity contribution in [2.75, 3.05) is 32.7 Å². The molecule has 0 spiro atoms. The number of pyridine rings is 1. The van der Waals surface area contributed by atoms with Crippen LogP contribution in [0.15, 0.2) is 23.0 Å². The minimum absolute atomic E-state index is 0.000535. The van der Waals surface area contributed by atoms with Gasteiger partial charge in [0.1, 0.15) is 0 Å². The van der Waals surface area contributed by atoms with Gasteiger partial charge in [0.15, 0.2) is 0 Å². The third-order valence-corrected chi connectivity index (χ3v) is 8.01. The molecule has 1 aromatic rings. The third kappa shape index (κ3) is 3.32. The minimum atomic E-state index is -3.48. The number of piperidine rings is 1. The molecule has 3 aliphatic rings. The molecule has 0 aromatic carbocycles. The standard InChI is InChI=1S/C18H26N4O4S/c1-13(23)19-10-17-15-9-14(16-5-4-6-18(24)22(16)17)11-21(12-15)27(25,26)20-7-2-3-8-20/h4-6,14-15,17H,2-3,7-12H2,1H3,(H,19,23)/t14-,15+,17+/m1/s1. The van der Waals surface area contributed by atoms with Gasteiger partial charge in [0, 0.05) is 57.3 Å². The van der Waals surface area contributed by atoms with Crippen molar-refractivity contribution in [3.63, 3.8) is 0 Å². The average molecular weight is 394 g/mol. The van der Waals surface area contributed by atoms with Gasteiger partial charge in [0.25, 0.3) is 15.8 Å². The molecular weight excluding hydrogens is 368 g/mol. The number of nitrogens with zero attached hydrogens (tertiary/aromatic N) is 3. The summed E-state index contributed by atoms with van der Waals surface area (Å²) in [5.41, 5.74) is 0.781. The molecule has 4 rings (SSSR count). The lowest BCUT2D eigenvalue weighted by Crippen LogP contribution is -2.55. The number of hydrogen-bond acceptors (Lipinski definition) is 4. The van der Waals surface area contributed by atoms with Crippen LogP contribution < -0.4 is 10.9 Å². The summed E-state index contributed by atoms with van der Waals surface area (Å²) in [6, 6.07) is 4.95. The van der Waals surface area contributed by atoms with Crippen molar-refractivity contribution >= 4 is 16.1 Å². The van der Waals surface area contributed by atoms with E-state index >= 15 is 0 Å². The monoisotopic (exact) mass is 394 g/mol. The second-order valence-electron chi connectivity index (χ2n) is 7.79. The number of amides is 1. The third-order valence-electron chi connectivity index (χ3n) is 6.04. The summed E-state index contributed by atoms with van der Waals surface area (Å²) in [5.74, 6) is -0.149. The first-order valence-corrected chi connectivity index (χ1v) is 11.0.